The molecule has 0 heterocycles. The van der Waals surface area contributed by atoms with E-state index in [0.29, 0.717) is 24.5 Å². The number of nitrogens with zero attached hydrogens (tertiary/aromatic N) is 1. The molecule has 1 aliphatic carbocycles. The minimum Gasteiger partial charge on any atom is -0.482 e. The first-order valence-electron chi connectivity index (χ1n) is 11.1. The van der Waals surface area contributed by atoms with Crippen LogP contribution in [0.4, 0.5) is 18.9 Å². The molecule has 0 bridgehead atoms. The molecule has 1 aliphatic rings. The van der Waals surface area contributed by atoms with Gasteiger partial charge in [0.15, 0.2) is 6.61 Å². The number of nitriles is 1. The van der Waals surface area contributed by atoms with E-state index in [4.69, 9.17) is 15.1 Å². The number of carboxylic acid groups (broad SMARTS) is 1. The van der Waals surface area contributed by atoms with E-state index in [-0.39, 0.29) is 17.9 Å². The van der Waals surface area contributed by atoms with Gasteiger partial charge in [-0.3, -0.25) is 4.79 Å². The highest BCUT2D eigenvalue weighted by Gasteiger charge is 2.44. The summed E-state index contributed by atoms with van der Waals surface area (Å²) in [6.07, 6.45) is -1.23. The number of hydrogen-bond acceptors (Lipinski definition) is 5. The molecule has 1 fully saturated rings. The van der Waals surface area contributed by atoms with E-state index in [9.17, 15) is 27.9 Å². The fraction of sp³-hybridized carbons (Fsp3) is 0.400. The number of carbonyl (C=O) groups excluding carboxylic acids is 1. The summed E-state index contributed by atoms with van der Waals surface area (Å²) < 4.78 is 45.2. The van der Waals surface area contributed by atoms with E-state index in [1.165, 1.54) is 18.2 Å². The summed E-state index contributed by atoms with van der Waals surface area (Å²) in [7, 11) is 0. The van der Waals surface area contributed by atoms with Gasteiger partial charge in [-0.25, -0.2) is 4.79 Å². The molecule has 1 unspecified atom stereocenters. The third-order valence-corrected chi connectivity index (χ3v) is 6.11. The minimum absolute atomic E-state index is 0.143. The van der Waals surface area contributed by atoms with Crippen LogP contribution in [0.15, 0.2) is 42.5 Å². The molecule has 0 radical (unpaired) electrons. The molecule has 35 heavy (non-hydrogen) atoms. The number of halogens is 3. The van der Waals surface area contributed by atoms with E-state index < -0.39 is 47.3 Å². The normalized spacial score (nSPS) is 16.1. The van der Waals surface area contributed by atoms with Gasteiger partial charge in [-0.1, -0.05) is 31.4 Å². The van der Waals surface area contributed by atoms with Crippen LogP contribution in [-0.2, 0) is 22.2 Å². The Balaban J connectivity index is 1.90. The largest absolute Gasteiger partial charge is 0.482 e. The van der Waals surface area contributed by atoms with Gasteiger partial charge in [0, 0.05) is 12.1 Å². The summed E-state index contributed by atoms with van der Waals surface area (Å²) in [5.41, 5.74) is -3.36. The lowest BCUT2D eigenvalue weighted by atomic mass is 9.73. The first-order chi connectivity index (χ1) is 16.5. The first-order valence-corrected chi connectivity index (χ1v) is 11.1. The van der Waals surface area contributed by atoms with Crippen LogP contribution in [0, 0.1) is 17.2 Å². The van der Waals surface area contributed by atoms with Crippen molar-refractivity contribution in [3.05, 3.63) is 59.2 Å². The van der Waals surface area contributed by atoms with E-state index >= 15 is 0 Å². The molecule has 1 atom stereocenters. The van der Waals surface area contributed by atoms with Gasteiger partial charge in [0.25, 0.3) is 5.91 Å². The predicted molar refractivity (Wildman–Crippen MR) is 120 cm³/mol. The Bertz CT molecular complexity index is 1120. The fourth-order valence-corrected chi connectivity index (χ4v) is 4.39. The van der Waals surface area contributed by atoms with Crippen LogP contribution in [0.3, 0.4) is 0 Å². The number of carbonyl (C=O) groups is 2. The molecule has 186 valence electrons. The Kier molecular flexibility index (Phi) is 8.02. The zero-order valence-electron chi connectivity index (χ0n) is 18.8. The molecular weight excluding hydrogens is 465 g/mol. The number of hydrogen-bond donors (Lipinski definition) is 3. The molecule has 2 aromatic carbocycles. The predicted octanol–water partition coefficient (Wildman–Crippen LogP) is 4.53. The second kappa shape index (κ2) is 10.8. The summed E-state index contributed by atoms with van der Waals surface area (Å²) in [5.74, 6) is -2.19. The van der Waals surface area contributed by atoms with Crippen molar-refractivity contribution in [2.75, 3.05) is 11.9 Å². The van der Waals surface area contributed by atoms with E-state index in [0.717, 1.165) is 25.3 Å². The standard InChI is InChI=1S/C25H25F3N2O5/c26-25(27,28)21-12-19(10-9-17(21)14-29)30-23(33)24(34,18-6-2-1-3-7-18)13-16-5-4-8-20(11-16)35-15-22(31)32/h4-5,8-12,18,34H,1-3,6-7,13,15H2,(H,30,33)(H,31,32). The molecule has 3 rings (SSSR count). The molecule has 3 N–H and O–H groups in total. The SMILES string of the molecule is N#Cc1ccc(NC(=O)C(O)(Cc2cccc(OCC(=O)O)c2)C2CCCCC2)cc1C(F)(F)F. The van der Waals surface area contributed by atoms with Crippen LogP contribution < -0.4 is 10.1 Å². The Morgan fingerprint density at radius 1 is 1.11 bits per heavy atom. The van der Waals surface area contributed by atoms with Crippen LogP contribution in [-0.4, -0.2) is 34.3 Å². The number of anilines is 1. The van der Waals surface area contributed by atoms with Gasteiger partial charge in [-0.05, 0) is 54.7 Å². The molecule has 7 nitrogen and oxygen atoms in total. The average molecular weight is 490 g/mol. The van der Waals surface area contributed by atoms with Crippen molar-refractivity contribution in [2.24, 2.45) is 5.92 Å². The van der Waals surface area contributed by atoms with Crippen molar-refractivity contribution in [3.8, 4) is 11.8 Å². The Morgan fingerprint density at radius 2 is 1.83 bits per heavy atom. The Hall–Kier alpha value is -3.58. The van der Waals surface area contributed by atoms with Gasteiger partial charge >= 0.3 is 12.1 Å². The van der Waals surface area contributed by atoms with Crippen molar-refractivity contribution in [2.45, 2.75) is 50.3 Å². The van der Waals surface area contributed by atoms with Gasteiger partial charge in [-0.2, -0.15) is 18.4 Å². The van der Waals surface area contributed by atoms with Crippen molar-refractivity contribution in [1.29, 1.82) is 5.26 Å². The van der Waals surface area contributed by atoms with E-state index in [1.54, 1.807) is 18.2 Å². The molecule has 1 saturated carbocycles. The number of benzene rings is 2. The van der Waals surface area contributed by atoms with Gasteiger partial charge in [0.2, 0.25) is 0 Å². The molecule has 2 aromatic rings. The van der Waals surface area contributed by atoms with Crippen molar-refractivity contribution in [1.82, 2.24) is 0 Å². The number of alkyl halides is 3. The number of nitrogens with one attached hydrogen (secondary N) is 1. The Morgan fingerprint density at radius 3 is 2.46 bits per heavy atom. The molecular formula is C25H25F3N2O5. The summed E-state index contributed by atoms with van der Waals surface area (Å²) in [4.78, 5) is 24.1. The van der Waals surface area contributed by atoms with Gasteiger partial charge in [0.1, 0.15) is 11.4 Å². The molecule has 0 spiro atoms. The van der Waals surface area contributed by atoms with Crippen molar-refractivity contribution < 1.29 is 37.7 Å². The lowest BCUT2D eigenvalue weighted by Crippen LogP contribution is -2.51. The summed E-state index contributed by atoms with van der Waals surface area (Å²) in [6.45, 7) is -0.558. The molecule has 0 saturated heterocycles. The second-order valence-electron chi connectivity index (χ2n) is 8.59. The second-order valence-corrected chi connectivity index (χ2v) is 8.59. The smallest absolute Gasteiger partial charge is 0.417 e. The quantitative estimate of drug-likeness (QED) is 0.500. The van der Waals surface area contributed by atoms with Crippen LogP contribution in [0.5, 0.6) is 5.75 Å². The number of carboxylic acids is 1. The third-order valence-electron chi connectivity index (χ3n) is 6.11. The summed E-state index contributed by atoms with van der Waals surface area (Å²) in [5, 5.41) is 31.8. The summed E-state index contributed by atoms with van der Waals surface area (Å²) >= 11 is 0. The lowest BCUT2D eigenvalue weighted by molar-refractivity contribution is -0.142. The highest BCUT2D eigenvalue weighted by molar-refractivity contribution is 5.97. The maximum Gasteiger partial charge on any atom is 0.417 e. The van der Waals surface area contributed by atoms with E-state index in [1.807, 2.05) is 0 Å². The first kappa shape index (κ1) is 26.0. The number of aliphatic carboxylic acids is 1. The number of ether oxygens (including phenoxy) is 1. The van der Waals surface area contributed by atoms with Gasteiger partial charge < -0.3 is 20.3 Å². The van der Waals surface area contributed by atoms with Gasteiger partial charge in [-0.15, -0.1) is 0 Å². The van der Waals surface area contributed by atoms with Crippen LogP contribution in [0.1, 0.15) is 48.8 Å². The number of amides is 1. The lowest BCUT2D eigenvalue weighted by Gasteiger charge is -2.37. The maximum atomic E-state index is 13.4. The summed E-state index contributed by atoms with van der Waals surface area (Å²) in [6, 6.07) is 10.6. The molecule has 0 aliphatic heterocycles. The van der Waals surface area contributed by atoms with Crippen molar-refractivity contribution >= 4 is 17.6 Å². The molecule has 1 amide bonds. The highest BCUT2D eigenvalue weighted by Crippen LogP contribution is 2.37. The third kappa shape index (κ3) is 6.51. The molecule has 10 heteroatoms. The highest BCUT2D eigenvalue weighted by atomic mass is 19.4. The van der Waals surface area contributed by atoms with Crippen LogP contribution in [0.25, 0.3) is 0 Å². The molecule has 0 aromatic heterocycles. The Labute approximate surface area is 200 Å². The number of aliphatic hydroxyl groups is 1. The fourth-order valence-electron chi connectivity index (χ4n) is 4.39. The minimum atomic E-state index is -4.79. The van der Waals surface area contributed by atoms with Crippen LogP contribution >= 0.6 is 0 Å². The monoisotopic (exact) mass is 490 g/mol. The zero-order valence-corrected chi connectivity index (χ0v) is 18.8. The average Bonchev–Trinajstić information content (AvgIpc) is 2.83. The van der Waals surface area contributed by atoms with Gasteiger partial charge in [0.05, 0.1) is 17.2 Å². The van der Waals surface area contributed by atoms with Crippen molar-refractivity contribution in [3.63, 3.8) is 0 Å². The zero-order chi connectivity index (χ0) is 25.6. The van der Waals surface area contributed by atoms with E-state index in [2.05, 4.69) is 5.32 Å². The topological polar surface area (TPSA) is 120 Å². The van der Waals surface area contributed by atoms with Crippen LogP contribution in [0.2, 0.25) is 0 Å². The maximum absolute atomic E-state index is 13.4. The number of rotatable bonds is 8.